The first-order chi connectivity index (χ1) is 15.2. The van der Waals surface area contributed by atoms with Crippen LogP contribution in [0.1, 0.15) is 24.6 Å². The number of anilines is 1. The van der Waals surface area contributed by atoms with Gasteiger partial charge in [0.2, 0.25) is 5.95 Å². The zero-order chi connectivity index (χ0) is 22.9. The van der Waals surface area contributed by atoms with Crippen molar-refractivity contribution in [3.05, 3.63) is 46.9 Å². The Morgan fingerprint density at radius 3 is 2.75 bits per heavy atom. The fraction of sp³-hybridized carbons (Fsp3) is 0.381. The van der Waals surface area contributed by atoms with E-state index in [0.717, 1.165) is 17.7 Å². The summed E-state index contributed by atoms with van der Waals surface area (Å²) in [5.74, 6) is -0.297. The number of aromatic nitrogens is 3. The minimum atomic E-state index is -4.79. The second-order valence-electron chi connectivity index (χ2n) is 7.35. The Balaban J connectivity index is 1.69. The number of rotatable bonds is 6. The van der Waals surface area contributed by atoms with Crippen LogP contribution in [0.2, 0.25) is 5.02 Å². The first-order valence-corrected chi connectivity index (χ1v) is 10.4. The number of benzene rings is 1. The fourth-order valence-electron chi connectivity index (χ4n) is 4.04. The normalized spacial score (nSPS) is 16.0. The molecule has 1 atom stereocenters. The molecule has 32 heavy (non-hydrogen) atoms. The van der Waals surface area contributed by atoms with Crippen LogP contribution in [-0.2, 0) is 28.9 Å². The molecule has 0 fully saturated rings. The number of hydrogen-bond donors (Lipinski definition) is 1. The van der Waals surface area contributed by atoms with Gasteiger partial charge in [0.15, 0.2) is 0 Å². The van der Waals surface area contributed by atoms with Gasteiger partial charge in [-0.05, 0) is 49.9 Å². The van der Waals surface area contributed by atoms with E-state index in [1.807, 2.05) is 4.57 Å². The highest BCUT2D eigenvalue weighted by molar-refractivity contribution is 6.30. The van der Waals surface area contributed by atoms with Crippen molar-refractivity contribution in [2.75, 3.05) is 11.9 Å². The summed E-state index contributed by atoms with van der Waals surface area (Å²) in [6, 6.07) is 4.11. The van der Waals surface area contributed by atoms with Crippen molar-refractivity contribution in [2.24, 2.45) is 0 Å². The van der Waals surface area contributed by atoms with Crippen LogP contribution in [-0.4, -0.2) is 39.5 Å². The summed E-state index contributed by atoms with van der Waals surface area (Å²) in [7, 11) is 0. The summed E-state index contributed by atoms with van der Waals surface area (Å²) in [6.45, 7) is 1.95. The molecule has 0 spiro atoms. The van der Waals surface area contributed by atoms with Crippen LogP contribution in [0.15, 0.2) is 30.6 Å². The number of carbonyl (C=O) groups excluding carboxylic acids is 1. The molecule has 170 valence electrons. The molecule has 3 aromatic rings. The van der Waals surface area contributed by atoms with Gasteiger partial charge < -0.3 is 19.4 Å². The summed E-state index contributed by atoms with van der Waals surface area (Å²) in [5.41, 5.74) is 2.41. The molecule has 11 heteroatoms. The van der Waals surface area contributed by atoms with E-state index in [2.05, 4.69) is 20.0 Å². The number of hydrogen-bond acceptors (Lipinski definition) is 6. The van der Waals surface area contributed by atoms with Gasteiger partial charge in [-0.15, -0.1) is 13.2 Å². The molecular weight excluding hydrogens is 449 g/mol. The molecular formula is C21H20ClF3N4O3. The lowest BCUT2D eigenvalue weighted by atomic mass is 9.91. The molecule has 2 heterocycles. The van der Waals surface area contributed by atoms with Crippen molar-refractivity contribution < 1.29 is 27.4 Å². The van der Waals surface area contributed by atoms with Gasteiger partial charge in [-0.3, -0.25) is 4.79 Å². The lowest BCUT2D eigenvalue weighted by Crippen LogP contribution is -2.29. The predicted octanol–water partition coefficient (Wildman–Crippen LogP) is 4.52. The van der Waals surface area contributed by atoms with E-state index in [4.69, 9.17) is 16.3 Å². The molecule has 1 aliphatic rings. The number of carbonyl (C=O) groups is 1. The fourth-order valence-corrected chi connectivity index (χ4v) is 4.13. The highest BCUT2D eigenvalue weighted by Gasteiger charge is 2.32. The van der Waals surface area contributed by atoms with Crippen LogP contribution >= 0.6 is 11.6 Å². The van der Waals surface area contributed by atoms with E-state index in [0.29, 0.717) is 34.7 Å². The van der Waals surface area contributed by atoms with E-state index in [-0.39, 0.29) is 24.9 Å². The zero-order valence-corrected chi connectivity index (χ0v) is 17.8. The Kier molecular flexibility index (Phi) is 6.14. The van der Waals surface area contributed by atoms with Crippen molar-refractivity contribution >= 4 is 34.4 Å². The molecule has 0 bridgehead atoms. The third-order valence-electron chi connectivity index (χ3n) is 5.22. The largest absolute Gasteiger partial charge is 0.573 e. The smallest absolute Gasteiger partial charge is 0.465 e. The van der Waals surface area contributed by atoms with Gasteiger partial charge >= 0.3 is 12.3 Å². The number of nitrogens with zero attached hydrogens (tertiary/aromatic N) is 3. The maximum Gasteiger partial charge on any atom is 0.573 e. The van der Waals surface area contributed by atoms with Crippen molar-refractivity contribution in [3.8, 4) is 5.75 Å². The lowest BCUT2D eigenvalue weighted by molar-refractivity contribution is -0.274. The van der Waals surface area contributed by atoms with Gasteiger partial charge in [-0.1, -0.05) is 11.6 Å². The highest BCUT2D eigenvalue weighted by atomic mass is 35.5. The standard InChI is InChI=1S/C21H20ClF3N4O3/c1-2-31-19(30)11-29-17-5-3-13(28-20-26-9-12(22)10-27-20)7-15(17)16-8-14(4-6-18(16)29)32-21(23,24)25/h4,6,8-10,13H,2-3,5,7,11H2,1H3,(H,26,27,28). The van der Waals surface area contributed by atoms with Crippen molar-refractivity contribution in [2.45, 2.75) is 45.1 Å². The summed E-state index contributed by atoms with van der Waals surface area (Å²) >= 11 is 5.83. The SMILES string of the molecule is CCOC(=O)Cn1c2c(c3cc(OC(F)(F)F)ccc31)CC(Nc1ncc(Cl)cn1)CC2. The number of nitrogens with one attached hydrogen (secondary N) is 1. The first kappa shape index (κ1) is 22.2. The van der Waals surface area contributed by atoms with Crippen LogP contribution in [0.4, 0.5) is 19.1 Å². The molecule has 0 radical (unpaired) electrons. The van der Waals surface area contributed by atoms with Crippen LogP contribution in [0.3, 0.4) is 0 Å². The molecule has 0 saturated heterocycles. The minimum Gasteiger partial charge on any atom is -0.465 e. The highest BCUT2D eigenvalue weighted by Crippen LogP contribution is 2.36. The quantitative estimate of drug-likeness (QED) is 0.536. The van der Waals surface area contributed by atoms with Gasteiger partial charge in [0, 0.05) is 22.6 Å². The van der Waals surface area contributed by atoms with Crippen molar-refractivity contribution in [1.82, 2.24) is 14.5 Å². The van der Waals surface area contributed by atoms with Crippen molar-refractivity contribution in [1.29, 1.82) is 0 Å². The second kappa shape index (κ2) is 8.85. The first-order valence-electron chi connectivity index (χ1n) is 10.0. The molecule has 7 nitrogen and oxygen atoms in total. The third kappa shape index (κ3) is 4.90. The third-order valence-corrected chi connectivity index (χ3v) is 5.41. The maximum atomic E-state index is 12.8. The number of esters is 1. The van der Waals surface area contributed by atoms with Crippen LogP contribution < -0.4 is 10.1 Å². The predicted molar refractivity (Wildman–Crippen MR) is 112 cm³/mol. The summed E-state index contributed by atoms with van der Waals surface area (Å²) in [5, 5.41) is 4.27. The van der Waals surface area contributed by atoms with Gasteiger partial charge in [0.1, 0.15) is 12.3 Å². The Morgan fingerprint density at radius 2 is 2.06 bits per heavy atom. The average molecular weight is 469 g/mol. The van der Waals surface area contributed by atoms with Gasteiger partial charge in [-0.2, -0.15) is 0 Å². The van der Waals surface area contributed by atoms with Gasteiger partial charge in [-0.25, -0.2) is 9.97 Å². The number of fused-ring (bicyclic) bond motifs is 3. The molecule has 1 N–H and O–H groups in total. The Hall–Kier alpha value is -3.01. The number of alkyl halides is 3. The molecule has 1 unspecified atom stereocenters. The topological polar surface area (TPSA) is 78.3 Å². The van der Waals surface area contributed by atoms with Crippen LogP contribution in [0.25, 0.3) is 10.9 Å². The molecule has 0 amide bonds. The second-order valence-corrected chi connectivity index (χ2v) is 7.79. The Labute approximate surface area is 186 Å². The van der Waals surface area contributed by atoms with E-state index in [1.165, 1.54) is 24.5 Å². The van der Waals surface area contributed by atoms with E-state index >= 15 is 0 Å². The zero-order valence-electron chi connectivity index (χ0n) is 17.1. The van der Waals surface area contributed by atoms with E-state index in [9.17, 15) is 18.0 Å². The molecule has 4 rings (SSSR count). The van der Waals surface area contributed by atoms with Gasteiger partial charge in [0.05, 0.1) is 24.0 Å². The maximum absolute atomic E-state index is 12.8. The molecule has 1 aliphatic carbocycles. The van der Waals surface area contributed by atoms with Crippen LogP contribution in [0.5, 0.6) is 5.75 Å². The minimum absolute atomic E-state index is 0.0163. The molecule has 0 aliphatic heterocycles. The number of halogens is 4. The lowest BCUT2D eigenvalue weighted by Gasteiger charge is -2.25. The molecule has 0 saturated carbocycles. The Morgan fingerprint density at radius 1 is 1.31 bits per heavy atom. The number of ether oxygens (including phenoxy) is 2. The van der Waals surface area contributed by atoms with Crippen LogP contribution in [0, 0.1) is 0 Å². The van der Waals surface area contributed by atoms with Gasteiger partial charge in [0.25, 0.3) is 0 Å². The summed E-state index contributed by atoms with van der Waals surface area (Å²) in [4.78, 5) is 20.5. The van der Waals surface area contributed by atoms with Crippen molar-refractivity contribution in [3.63, 3.8) is 0 Å². The Bertz CT molecular complexity index is 1130. The van der Waals surface area contributed by atoms with E-state index in [1.54, 1.807) is 13.0 Å². The monoisotopic (exact) mass is 468 g/mol. The molecule has 2 aromatic heterocycles. The van der Waals surface area contributed by atoms with E-state index < -0.39 is 12.3 Å². The summed E-state index contributed by atoms with van der Waals surface area (Å²) in [6.07, 6.45) is 0.0305. The average Bonchev–Trinajstić information content (AvgIpc) is 3.01. The summed E-state index contributed by atoms with van der Waals surface area (Å²) < 4.78 is 49.3. The molecule has 1 aromatic carbocycles.